The van der Waals surface area contributed by atoms with Gasteiger partial charge in [0, 0.05) is 13.1 Å². The molecule has 0 aromatic carbocycles. The van der Waals surface area contributed by atoms with Gasteiger partial charge in [0.2, 0.25) is 0 Å². The van der Waals surface area contributed by atoms with Crippen molar-refractivity contribution < 1.29 is 0 Å². The molecule has 102 valence electrons. The van der Waals surface area contributed by atoms with Crippen molar-refractivity contribution in [1.29, 1.82) is 5.26 Å². The lowest BCUT2D eigenvalue weighted by Gasteiger charge is -2.33. The fourth-order valence-corrected chi connectivity index (χ4v) is 2.59. The molecule has 5 heteroatoms. The molecule has 1 aliphatic heterocycles. The highest BCUT2D eigenvalue weighted by Crippen LogP contribution is 2.26. The number of nitriles is 1. The summed E-state index contributed by atoms with van der Waals surface area (Å²) in [5.41, 5.74) is 2.47. The predicted octanol–water partition coefficient (Wildman–Crippen LogP) is 1.40. The van der Waals surface area contributed by atoms with E-state index in [0.717, 1.165) is 55.5 Å². The summed E-state index contributed by atoms with van der Waals surface area (Å²) in [6, 6.07) is 2.28. The van der Waals surface area contributed by atoms with E-state index >= 15 is 0 Å². The van der Waals surface area contributed by atoms with Crippen molar-refractivity contribution in [2.24, 2.45) is 5.92 Å². The third-order valence-corrected chi connectivity index (χ3v) is 3.95. The molecule has 0 aliphatic carbocycles. The maximum absolute atomic E-state index is 9.34. The SMILES string of the molecule is CNCC1CCN(c2nnc(C)c(C)c2C#N)CC1. The molecule has 0 amide bonds. The van der Waals surface area contributed by atoms with Gasteiger partial charge >= 0.3 is 0 Å². The number of aryl methyl sites for hydroxylation is 1. The lowest BCUT2D eigenvalue weighted by Crippen LogP contribution is -2.37. The van der Waals surface area contributed by atoms with Crippen molar-refractivity contribution in [2.75, 3.05) is 31.6 Å². The van der Waals surface area contributed by atoms with E-state index in [9.17, 15) is 5.26 Å². The van der Waals surface area contributed by atoms with Gasteiger partial charge in [0.1, 0.15) is 11.6 Å². The van der Waals surface area contributed by atoms with E-state index in [1.807, 2.05) is 20.9 Å². The second-order valence-corrected chi connectivity index (χ2v) is 5.21. The van der Waals surface area contributed by atoms with Gasteiger partial charge in [-0.15, -0.1) is 5.10 Å². The average molecular weight is 259 g/mol. The standard InChI is InChI=1S/C14H21N5/c1-10-11(2)17-18-14(13(10)8-15)19-6-4-12(5-7-19)9-16-3/h12,16H,4-7,9H2,1-3H3. The number of piperidine rings is 1. The summed E-state index contributed by atoms with van der Waals surface area (Å²) in [6.07, 6.45) is 2.28. The Morgan fingerprint density at radius 2 is 2.00 bits per heavy atom. The van der Waals surface area contributed by atoms with Crippen LogP contribution in [-0.2, 0) is 0 Å². The molecule has 0 atom stereocenters. The normalized spacial score (nSPS) is 16.4. The minimum Gasteiger partial charge on any atom is -0.354 e. The molecule has 2 rings (SSSR count). The summed E-state index contributed by atoms with van der Waals surface area (Å²) >= 11 is 0. The largest absolute Gasteiger partial charge is 0.354 e. The van der Waals surface area contributed by atoms with Gasteiger partial charge in [0.05, 0.1) is 5.69 Å². The first-order valence-electron chi connectivity index (χ1n) is 6.81. The van der Waals surface area contributed by atoms with Crippen LogP contribution < -0.4 is 10.2 Å². The number of hydrogen-bond acceptors (Lipinski definition) is 5. The number of nitrogens with zero attached hydrogens (tertiary/aromatic N) is 4. The fraction of sp³-hybridized carbons (Fsp3) is 0.643. The van der Waals surface area contributed by atoms with Crippen LogP contribution in [0.5, 0.6) is 0 Å². The Labute approximate surface area is 114 Å². The Balaban J connectivity index is 2.16. The maximum Gasteiger partial charge on any atom is 0.169 e. The molecular weight excluding hydrogens is 238 g/mol. The van der Waals surface area contributed by atoms with Crippen LogP contribution in [0.15, 0.2) is 0 Å². The summed E-state index contributed by atoms with van der Waals surface area (Å²) < 4.78 is 0. The highest BCUT2D eigenvalue weighted by molar-refractivity contribution is 5.57. The van der Waals surface area contributed by atoms with E-state index in [2.05, 4.69) is 26.5 Å². The zero-order chi connectivity index (χ0) is 13.8. The molecular formula is C14H21N5. The van der Waals surface area contributed by atoms with Crippen LogP contribution in [0.1, 0.15) is 29.7 Å². The van der Waals surface area contributed by atoms with Gasteiger partial charge in [0.25, 0.3) is 0 Å². The predicted molar refractivity (Wildman–Crippen MR) is 75.1 cm³/mol. The van der Waals surface area contributed by atoms with Gasteiger partial charge in [-0.1, -0.05) is 0 Å². The van der Waals surface area contributed by atoms with Crippen LogP contribution in [0.25, 0.3) is 0 Å². The monoisotopic (exact) mass is 259 g/mol. The van der Waals surface area contributed by atoms with Crippen molar-refractivity contribution in [3.05, 3.63) is 16.8 Å². The van der Waals surface area contributed by atoms with Gasteiger partial charge in [-0.3, -0.25) is 0 Å². The molecule has 1 saturated heterocycles. The zero-order valence-corrected chi connectivity index (χ0v) is 11.9. The molecule has 1 aromatic heterocycles. The Bertz CT molecular complexity index is 483. The van der Waals surface area contributed by atoms with Crippen molar-refractivity contribution in [1.82, 2.24) is 15.5 Å². The first kappa shape index (κ1) is 13.8. The quantitative estimate of drug-likeness (QED) is 0.889. The van der Waals surface area contributed by atoms with E-state index in [0.29, 0.717) is 5.56 Å². The van der Waals surface area contributed by atoms with Crippen LogP contribution in [0, 0.1) is 31.1 Å². The number of rotatable bonds is 3. The Hall–Kier alpha value is -1.67. The van der Waals surface area contributed by atoms with Crippen LogP contribution in [0.2, 0.25) is 0 Å². The first-order chi connectivity index (χ1) is 9.17. The van der Waals surface area contributed by atoms with Crippen LogP contribution in [0.3, 0.4) is 0 Å². The highest BCUT2D eigenvalue weighted by atomic mass is 15.3. The number of aromatic nitrogens is 2. The van der Waals surface area contributed by atoms with Gasteiger partial charge in [-0.2, -0.15) is 10.4 Å². The smallest absolute Gasteiger partial charge is 0.169 e. The summed E-state index contributed by atoms with van der Waals surface area (Å²) in [5, 5.41) is 21.0. The van der Waals surface area contributed by atoms with Gasteiger partial charge in [-0.05, 0) is 51.8 Å². The van der Waals surface area contributed by atoms with Gasteiger partial charge in [0.15, 0.2) is 5.82 Å². The van der Waals surface area contributed by atoms with Crippen molar-refractivity contribution >= 4 is 5.82 Å². The summed E-state index contributed by atoms with van der Waals surface area (Å²) in [6.45, 7) is 6.82. The average Bonchev–Trinajstić information content (AvgIpc) is 2.43. The molecule has 1 aliphatic rings. The fourth-order valence-electron chi connectivity index (χ4n) is 2.59. The molecule has 0 radical (unpaired) electrons. The van der Waals surface area contributed by atoms with E-state index < -0.39 is 0 Å². The molecule has 2 heterocycles. The molecule has 0 saturated carbocycles. The van der Waals surface area contributed by atoms with Crippen LogP contribution in [0.4, 0.5) is 5.82 Å². The minimum atomic E-state index is 0.680. The zero-order valence-electron chi connectivity index (χ0n) is 11.9. The lowest BCUT2D eigenvalue weighted by molar-refractivity contribution is 0.391. The molecule has 1 N–H and O–H groups in total. The molecule has 0 spiro atoms. The van der Waals surface area contributed by atoms with E-state index in [1.54, 1.807) is 0 Å². The van der Waals surface area contributed by atoms with Crippen molar-refractivity contribution in [3.63, 3.8) is 0 Å². The summed E-state index contributed by atoms with van der Waals surface area (Å²) in [4.78, 5) is 2.20. The van der Waals surface area contributed by atoms with Crippen LogP contribution in [-0.4, -0.2) is 36.9 Å². The minimum absolute atomic E-state index is 0.680. The molecule has 5 nitrogen and oxygen atoms in total. The second-order valence-electron chi connectivity index (χ2n) is 5.21. The maximum atomic E-state index is 9.34. The number of anilines is 1. The Morgan fingerprint density at radius 3 is 2.58 bits per heavy atom. The second kappa shape index (κ2) is 5.98. The first-order valence-corrected chi connectivity index (χ1v) is 6.81. The lowest BCUT2D eigenvalue weighted by atomic mass is 9.96. The van der Waals surface area contributed by atoms with E-state index in [4.69, 9.17) is 0 Å². The third kappa shape index (κ3) is 2.85. The summed E-state index contributed by atoms with van der Waals surface area (Å²) in [5.74, 6) is 1.49. The Kier molecular flexibility index (Phi) is 4.33. The van der Waals surface area contributed by atoms with E-state index in [-0.39, 0.29) is 0 Å². The van der Waals surface area contributed by atoms with Gasteiger partial charge in [-0.25, -0.2) is 0 Å². The molecule has 0 unspecified atom stereocenters. The third-order valence-electron chi connectivity index (χ3n) is 3.95. The highest BCUT2D eigenvalue weighted by Gasteiger charge is 2.23. The molecule has 0 bridgehead atoms. The van der Waals surface area contributed by atoms with Crippen molar-refractivity contribution in [2.45, 2.75) is 26.7 Å². The topological polar surface area (TPSA) is 64.8 Å². The molecule has 19 heavy (non-hydrogen) atoms. The van der Waals surface area contributed by atoms with Crippen molar-refractivity contribution in [3.8, 4) is 6.07 Å². The van der Waals surface area contributed by atoms with Crippen LogP contribution >= 0.6 is 0 Å². The Morgan fingerprint density at radius 1 is 1.32 bits per heavy atom. The molecule has 1 fully saturated rings. The summed E-state index contributed by atoms with van der Waals surface area (Å²) in [7, 11) is 2.00. The number of nitrogens with one attached hydrogen (secondary N) is 1. The number of hydrogen-bond donors (Lipinski definition) is 1. The van der Waals surface area contributed by atoms with Gasteiger partial charge < -0.3 is 10.2 Å². The van der Waals surface area contributed by atoms with E-state index in [1.165, 1.54) is 0 Å². The molecule has 1 aromatic rings.